The van der Waals surface area contributed by atoms with Crippen LogP contribution in [0.2, 0.25) is 0 Å². The Morgan fingerprint density at radius 1 is 1.33 bits per heavy atom. The van der Waals surface area contributed by atoms with Gasteiger partial charge >= 0.3 is 0 Å². The van der Waals surface area contributed by atoms with Crippen molar-refractivity contribution in [3.63, 3.8) is 0 Å². The van der Waals surface area contributed by atoms with Gasteiger partial charge in [0.15, 0.2) is 0 Å². The molecule has 0 aliphatic carbocycles. The van der Waals surface area contributed by atoms with Crippen molar-refractivity contribution in [1.82, 2.24) is 5.32 Å². The number of halogens is 1. The molecule has 2 unspecified atom stereocenters. The molecule has 0 aromatic heterocycles. The van der Waals surface area contributed by atoms with Crippen molar-refractivity contribution < 1.29 is 9.53 Å². The third-order valence-electron chi connectivity index (χ3n) is 4.04. The monoisotopic (exact) mass is 312 g/mol. The highest BCUT2D eigenvalue weighted by atomic mass is 35.5. The van der Waals surface area contributed by atoms with E-state index < -0.39 is 0 Å². The molecular formula is C16H25ClN2O2. The number of nitrogens with one attached hydrogen (secondary N) is 1. The van der Waals surface area contributed by atoms with Gasteiger partial charge in [0.25, 0.3) is 0 Å². The summed E-state index contributed by atoms with van der Waals surface area (Å²) in [4.78, 5) is 12.2. The first-order chi connectivity index (χ1) is 9.68. The van der Waals surface area contributed by atoms with E-state index in [0.29, 0.717) is 5.92 Å². The van der Waals surface area contributed by atoms with Gasteiger partial charge in [-0.1, -0.05) is 37.3 Å². The SMILES string of the molecule is CC(C(=O)NCC1CCOCC1)C(N)c1ccccc1.Cl. The summed E-state index contributed by atoms with van der Waals surface area (Å²) in [5, 5.41) is 3.03. The van der Waals surface area contributed by atoms with Crippen molar-refractivity contribution in [3.05, 3.63) is 35.9 Å². The highest BCUT2D eigenvalue weighted by molar-refractivity contribution is 5.85. The molecule has 1 aromatic carbocycles. The van der Waals surface area contributed by atoms with Crippen molar-refractivity contribution in [1.29, 1.82) is 0 Å². The van der Waals surface area contributed by atoms with Gasteiger partial charge in [-0.25, -0.2) is 0 Å². The van der Waals surface area contributed by atoms with E-state index in [0.717, 1.165) is 38.2 Å². The Labute approximate surface area is 132 Å². The number of benzene rings is 1. The fourth-order valence-corrected chi connectivity index (χ4v) is 2.48. The highest BCUT2D eigenvalue weighted by Crippen LogP contribution is 2.19. The maximum atomic E-state index is 12.2. The second-order valence-electron chi connectivity index (χ2n) is 5.53. The van der Waals surface area contributed by atoms with Gasteiger partial charge in [0.1, 0.15) is 0 Å². The Balaban J connectivity index is 0.00000220. The normalized spacial score (nSPS) is 18.4. The van der Waals surface area contributed by atoms with Crippen molar-refractivity contribution in [2.75, 3.05) is 19.8 Å². The van der Waals surface area contributed by atoms with Gasteiger partial charge < -0.3 is 15.8 Å². The van der Waals surface area contributed by atoms with Crippen LogP contribution in [0.1, 0.15) is 31.4 Å². The molecule has 0 saturated carbocycles. The summed E-state index contributed by atoms with van der Waals surface area (Å²) in [6, 6.07) is 9.52. The second-order valence-corrected chi connectivity index (χ2v) is 5.53. The predicted molar refractivity (Wildman–Crippen MR) is 86.3 cm³/mol. The van der Waals surface area contributed by atoms with E-state index in [4.69, 9.17) is 10.5 Å². The lowest BCUT2D eigenvalue weighted by molar-refractivity contribution is -0.125. The Hall–Kier alpha value is -1.10. The smallest absolute Gasteiger partial charge is 0.224 e. The number of carbonyl (C=O) groups is 1. The van der Waals surface area contributed by atoms with Crippen LogP contribution in [0.15, 0.2) is 30.3 Å². The summed E-state index contributed by atoms with van der Waals surface area (Å²) in [6.07, 6.45) is 2.05. The summed E-state index contributed by atoms with van der Waals surface area (Å²) >= 11 is 0. The fraction of sp³-hybridized carbons (Fsp3) is 0.562. The van der Waals surface area contributed by atoms with Gasteiger partial charge in [-0.2, -0.15) is 0 Å². The molecule has 1 fully saturated rings. The largest absolute Gasteiger partial charge is 0.381 e. The minimum Gasteiger partial charge on any atom is -0.381 e. The Kier molecular flexibility index (Phi) is 7.72. The van der Waals surface area contributed by atoms with Gasteiger partial charge in [-0.05, 0) is 24.3 Å². The second kappa shape index (κ2) is 9.03. The van der Waals surface area contributed by atoms with Crippen LogP contribution < -0.4 is 11.1 Å². The minimum absolute atomic E-state index is 0. The zero-order chi connectivity index (χ0) is 14.4. The molecule has 2 rings (SSSR count). The lowest BCUT2D eigenvalue weighted by Gasteiger charge is -2.24. The van der Waals surface area contributed by atoms with Crippen LogP contribution in [-0.2, 0) is 9.53 Å². The Morgan fingerprint density at radius 3 is 2.57 bits per heavy atom. The van der Waals surface area contributed by atoms with E-state index in [9.17, 15) is 4.79 Å². The molecule has 2 atom stereocenters. The number of carbonyl (C=O) groups excluding carboxylic acids is 1. The third-order valence-corrected chi connectivity index (χ3v) is 4.04. The molecule has 0 spiro atoms. The van der Waals surface area contributed by atoms with Crippen LogP contribution in [0, 0.1) is 11.8 Å². The van der Waals surface area contributed by atoms with Gasteiger partial charge in [0, 0.05) is 25.8 Å². The number of amides is 1. The number of ether oxygens (including phenoxy) is 1. The van der Waals surface area contributed by atoms with Crippen LogP contribution in [0.4, 0.5) is 0 Å². The van der Waals surface area contributed by atoms with Gasteiger partial charge in [0.2, 0.25) is 5.91 Å². The summed E-state index contributed by atoms with van der Waals surface area (Å²) in [6.45, 7) is 4.23. The van der Waals surface area contributed by atoms with E-state index in [1.807, 2.05) is 37.3 Å². The number of rotatable bonds is 5. The average molecular weight is 313 g/mol. The molecule has 1 saturated heterocycles. The molecule has 0 bridgehead atoms. The topological polar surface area (TPSA) is 64.3 Å². The van der Waals surface area contributed by atoms with Crippen LogP contribution >= 0.6 is 12.4 Å². The highest BCUT2D eigenvalue weighted by Gasteiger charge is 2.23. The first-order valence-electron chi connectivity index (χ1n) is 7.34. The lowest BCUT2D eigenvalue weighted by Crippen LogP contribution is -2.39. The van der Waals surface area contributed by atoms with Gasteiger partial charge in [-0.3, -0.25) is 4.79 Å². The van der Waals surface area contributed by atoms with Gasteiger partial charge in [-0.15, -0.1) is 12.4 Å². The number of nitrogens with two attached hydrogens (primary N) is 1. The summed E-state index contributed by atoms with van der Waals surface area (Å²) in [5.74, 6) is 0.345. The van der Waals surface area contributed by atoms with Gasteiger partial charge in [0.05, 0.1) is 5.92 Å². The predicted octanol–water partition coefficient (Wildman–Crippen LogP) is 2.29. The number of hydrogen-bond acceptors (Lipinski definition) is 3. The summed E-state index contributed by atoms with van der Waals surface area (Å²) in [5.41, 5.74) is 7.17. The molecule has 118 valence electrons. The first-order valence-corrected chi connectivity index (χ1v) is 7.34. The molecule has 4 nitrogen and oxygen atoms in total. The zero-order valence-corrected chi connectivity index (χ0v) is 13.3. The van der Waals surface area contributed by atoms with Crippen molar-refractivity contribution in [2.24, 2.45) is 17.6 Å². The van der Waals surface area contributed by atoms with Crippen LogP contribution in [0.25, 0.3) is 0 Å². The third kappa shape index (κ3) is 5.30. The molecule has 0 radical (unpaired) electrons. The van der Waals surface area contributed by atoms with Crippen LogP contribution in [0.5, 0.6) is 0 Å². The van der Waals surface area contributed by atoms with E-state index >= 15 is 0 Å². The van der Waals surface area contributed by atoms with E-state index in [1.54, 1.807) is 0 Å². The maximum absolute atomic E-state index is 12.2. The summed E-state index contributed by atoms with van der Waals surface area (Å²) < 4.78 is 5.32. The standard InChI is InChI=1S/C16H24N2O2.ClH/c1-12(15(17)14-5-3-2-4-6-14)16(19)18-11-13-7-9-20-10-8-13;/h2-6,12-13,15H,7-11,17H2,1H3,(H,18,19);1H. The lowest BCUT2D eigenvalue weighted by atomic mass is 9.94. The van der Waals surface area contributed by atoms with E-state index in [2.05, 4.69) is 5.32 Å². The molecule has 21 heavy (non-hydrogen) atoms. The van der Waals surface area contributed by atoms with E-state index in [-0.39, 0.29) is 30.3 Å². The first kappa shape index (κ1) is 18.0. The molecule has 3 N–H and O–H groups in total. The number of hydrogen-bond donors (Lipinski definition) is 2. The molecule has 5 heteroatoms. The maximum Gasteiger partial charge on any atom is 0.224 e. The fourth-order valence-electron chi connectivity index (χ4n) is 2.48. The molecule has 1 aromatic rings. The zero-order valence-electron chi connectivity index (χ0n) is 12.5. The van der Waals surface area contributed by atoms with Crippen LogP contribution in [0.3, 0.4) is 0 Å². The molecule has 1 heterocycles. The van der Waals surface area contributed by atoms with Crippen LogP contribution in [-0.4, -0.2) is 25.7 Å². The molecule has 1 aliphatic heterocycles. The molecular weight excluding hydrogens is 288 g/mol. The minimum atomic E-state index is -0.258. The van der Waals surface area contributed by atoms with Crippen molar-refractivity contribution in [3.8, 4) is 0 Å². The summed E-state index contributed by atoms with van der Waals surface area (Å²) in [7, 11) is 0. The molecule has 1 amide bonds. The Morgan fingerprint density at radius 2 is 1.95 bits per heavy atom. The Bertz CT molecular complexity index is 422. The van der Waals surface area contributed by atoms with E-state index in [1.165, 1.54) is 0 Å². The molecule has 1 aliphatic rings. The average Bonchev–Trinajstić information content (AvgIpc) is 2.53. The quantitative estimate of drug-likeness (QED) is 0.876. The van der Waals surface area contributed by atoms with Crippen molar-refractivity contribution >= 4 is 18.3 Å². The van der Waals surface area contributed by atoms with Crippen molar-refractivity contribution in [2.45, 2.75) is 25.8 Å².